The molecule has 1 aromatic carbocycles. The van der Waals surface area contributed by atoms with Gasteiger partial charge in [0.05, 0.1) is 6.61 Å². The molecule has 3 N–H and O–H groups in total. The topological polar surface area (TPSA) is 69.6 Å². The first-order valence-corrected chi connectivity index (χ1v) is 6.36. The van der Waals surface area contributed by atoms with Crippen molar-refractivity contribution in [3.8, 4) is 0 Å². The van der Waals surface area contributed by atoms with Gasteiger partial charge >= 0.3 is 0 Å². The monoisotopic (exact) mass is 249 g/mol. The van der Waals surface area contributed by atoms with Gasteiger partial charge in [-0.15, -0.1) is 0 Å². The zero-order chi connectivity index (χ0) is 13.0. The van der Waals surface area contributed by atoms with Crippen LogP contribution in [0, 0.1) is 5.92 Å². The summed E-state index contributed by atoms with van der Waals surface area (Å²) < 4.78 is 0. The lowest BCUT2D eigenvalue weighted by Crippen LogP contribution is -2.38. The number of carbonyl (C=O) groups is 1. The molecule has 0 radical (unpaired) electrons. The Bertz CT molecular complexity index is 402. The van der Waals surface area contributed by atoms with Crippen LogP contribution < -0.4 is 5.32 Å². The molecule has 1 aliphatic rings. The molecule has 0 saturated heterocycles. The molecular weight excluding hydrogens is 230 g/mol. The van der Waals surface area contributed by atoms with Crippen molar-refractivity contribution in [1.82, 2.24) is 5.32 Å². The van der Waals surface area contributed by atoms with E-state index in [1.807, 2.05) is 0 Å². The normalized spacial score (nSPS) is 23.0. The summed E-state index contributed by atoms with van der Waals surface area (Å²) in [6, 6.07) is 6.99. The predicted molar refractivity (Wildman–Crippen MR) is 68.0 cm³/mol. The number of amides is 1. The van der Waals surface area contributed by atoms with Crippen LogP contribution in [0.3, 0.4) is 0 Å². The van der Waals surface area contributed by atoms with E-state index in [1.54, 1.807) is 24.3 Å². The Balaban J connectivity index is 1.98. The molecule has 18 heavy (non-hydrogen) atoms. The average molecular weight is 249 g/mol. The number of hydrogen-bond donors (Lipinski definition) is 3. The number of carbonyl (C=O) groups excluding carboxylic acids is 1. The molecular formula is C14H19NO3. The van der Waals surface area contributed by atoms with E-state index in [0.29, 0.717) is 5.56 Å². The Morgan fingerprint density at radius 3 is 2.56 bits per heavy atom. The maximum absolute atomic E-state index is 12.0. The fourth-order valence-electron chi connectivity index (χ4n) is 2.46. The summed E-state index contributed by atoms with van der Waals surface area (Å²) in [5, 5.41) is 21.1. The van der Waals surface area contributed by atoms with Crippen molar-refractivity contribution < 1.29 is 15.0 Å². The van der Waals surface area contributed by atoms with E-state index in [4.69, 9.17) is 5.11 Å². The Morgan fingerprint density at radius 2 is 1.94 bits per heavy atom. The number of aliphatic hydroxyl groups excluding tert-OH is 2. The third-order valence-corrected chi connectivity index (χ3v) is 3.61. The number of benzene rings is 1. The second-order valence-electron chi connectivity index (χ2n) is 4.81. The van der Waals surface area contributed by atoms with Crippen LogP contribution in [0.25, 0.3) is 0 Å². The molecule has 98 valence electrons. The SMILES string of the molecule is O=C(NC1CCCC1CO)c1ccc(CO)cc1. The molecule has 2 atom stereocenters. The maximum Gasteiger partial charge on any atom is 0.251 e. The first-order chi connectivity index (χ1) is 8.74. The standard InChI is InChI=1S/C14H19NO3/c16-8-10-4-6-11(7-5-10)14(18)15-13-3-1-2-12(13)9-17/h4-7,12-13,16-17H,1-3,8-9H2,(H,15,18). The highest BCUT2D eigenvalue weighted by atomic mass is 16.3. The Morgan fingerprint density at radius 1 is 1.22 bits per heavy atom. The minimum absolute atomic E-state index is 0.0168. The van der Waals surface area contributed by atoms with Crippen LogP contribution in [-0.2, 0) is 6.61 Å². The summed E-state index contributed by atoms with van der Waals surface area (Å²) in [6.07, 6.45) is 2.97. The molecule has 2 rings (SSSR count). The lowest BCUT2D eigenvalue weighted by molar-refractivity contribution is 0.0916. The molecule has 1 saturated carbocycles. The van der Waals surface area contributed by atoms with Gasteiger partial charge in [0.1, 0.15) is 0 Å². The summed E-state index contributed by atoms with van der Waals surface area (Å²) in [5.74, 6) is 0.0792. The van der Waals surface area contributed by atoms with Gasteiger partial charge in [-0.3, -0.25) is 4.79 Å². The van der Waals surface area contributed by atoms with Gasteiger partial charge in [-0.2, -0.15) is 0 Å². The number of hydrogen-bond acceptors (Lipinski definition) is 3. The van der Waals surface area contributed by atoms with Gasteiger partial charge in [0, 0.05) is 24.1 Å². The number of rotatable bonds is 4. The molecule has 0 bridgehead atoms. The summed E-state index contributed by atoms with van der Waals surface area (Å²) >= 11 is 0. The molecule has 0 spiro atoms. The van der Waals surface area contributed by atoms with E-state index in [2.05, 4.69) is 5.32 Å². The van der Waals surface area contributed by atoms with E-state index in [0.717, 1.165) is 24.8 Å². The molecule has 1 aliphatic carbocycles. The summed E-state index contributed by atoms with van der Waals surface area (Å²) in [6.45, 7) is 0.117. The van der Waals surface area contributed by atoms with Gasteiger partial charge in [-0.1, -0.05) is 18.6 Å². The highest BCUT2D eigenvalue weighted by Crippen LogP contribution is 2.25. The molecule has 4 nitrogen and oxygen atoms in total. The zero-order valence-corrected chi connectivity index (χ0v) is 10.3. The first kappa shape index (κ1) is 13.1. The van der Waals surface area contributed by atoms with Crippen molar-refractivity contribution in [2.24, 2.45) is 5.92 Å². The van der Waals surface area contributed by atoms with E-state index >= 15 is 0 Å². The van der Waals surface area contributed by atoms with E-state index < -0.39 is 0 Å². The van der Waals surface area contributed by atoms with E-state index in [1.165, 1.54) is 0 Å². The van der Waals surface area contributed by atoms with Crippen LogP contribution >= 0.6 is 0 Å². The molecule has 1 amide bonds. The van der Waals surface area contributed by atoms with Crippen LogP contribution in [-0.4, -0.2) is 28.8 Å². The highest BCUT2D eigenvalue weighted by molar-refractivity contribution is 5.94. The van der Waals surface area contributed by atoms with Gasteiger partial charge in [-0.25, -0.2) is 0 Å². The summed E-state index contributed by atoms with van der Waals surface area (Å²) in [5.41, 5.74) is 1.39. The van der Waals surface area contributed by atoms with Crippen molar-refractivity contribution in [3.05, 3.63) is 35.4 Å². The van der Waals surface area contributed by atoms with Crippen molar-refractivity contribution in [3.63, 3.8) is 0 Å². The lowest BCUT2D eigenvalue weighted by atomic mass is 10.0. The van der Waals surface area contributed by atoms with Crippen molar-refractivity contribution in [2.45, 2.75) is 31.9 Å². The van der Waals surface area contributed by atoms with Gasteiger partial charge in [0.25, 0.3) is 5.91 Å². The van der Waals surface area contributed by atoms with Gasteiger partial charge in [0.15, 0.2) is 0 Å². The smallest absolute Gasteiger partial charge is 0.251 e. The Labute approximate surface area is 107 Å². The van der Waals surface area contributed by atoms with Crippen LogP contribution in [0.2, 0.25) is 0 Å². The lowest BCUT2D eigenvalue weighted by Gasteiger charge is -2.19. The zero-order valence-electron chi connectivity index (χ0n) is 10.3. The molecule has 1 aromatic rings. The summed E-state index contributed by atoms with van der Waals surface area (Å²) in [4.78, 5) is 12.0. The fraction of sp³-hybridized carbons (Fsp3) is 0.500. The van der Waals surface area contributed by atoms with Crippen LogP contribution in [0.4, 0.5) is 0 Å². The van der Waals surface area contributed by atoms with Crippen LogP contribution in [0.5, 0.6) is 0 Å². The quantitative estimate of drug-likeness (QED) is 0.747. The summed E-state index contributed by atoms with van der Waals surface area (Å²) in [7, 11) is 0. The Hall–Kier alpha value is -1.39. The minimum Gasteiger partial charge on any atom is -0.396 e. The highest BCUT2D eigenvalue weighted by Gasteiger charge is 2.27. The molecule has 0 aromatic heterocycles. The number of nitrogens with one attached hydrogen (secondary N) is 1. The van der Waals surface area contributed by atoms with Gasteiger partial charge in [-0.05, 0) is 30.5 Å². The fourth-order valence-corrected chi connectivity index (χ4v) is 2.46. The minimum atomic E-state index is -0.107. The molecule has 0 heterocycles. The van der Waals surface area contributed by atoms with Crippen molar-refractivity contribution >= 4 is 5.91 Å². The molecule has 1 fully saturated rings. The second kappa shape index (κ2) is 5.98. The van der Waals surface area contributed by atoms with Crippen LogP contribution in [0.15, 0.2) is 24.3 Å². The third kappa shape index (κ3) is 2.89. The molecule has 0 aliphatic heterocycles. The predicted octanol–water partition coefficient (Wildman–Crippen LogP) is 1.07. The second-order valence-corrected chi connectivity index (χ2v) is 4.81. The van der Waals surface area contributed by atoms with E-state index in [-0.39, 0.29) is 31.1 Å². The van der Waals surface area contributed by atoms with Crippen molar-refractivity contribution in [2.75, 3.05) is 6.61 Å². The van der Waals surface area contributed by atoms with Gasteiger partial charge < -0.3 is 15.5 Å². The largest absolute Gasteiger partial charge is 0.396 e. The molecule has 4 heteroatoms. The molecule has 2 unspecified atom stereocenters. The van der Waals surface area contributed by atoms with Gasteiger partial charge in [0.2, 0.25) is 0 Å². The third-order valence-electron chi connectivity index (χ3n) is 3.61. The van der Waals surface area contributed by atoms with E-state index in [9.17, 15) is 9.90 Å². The first-order valence-electron chi connectivity index (χ1n) is 6.36. The average Bonchev–Trinajstić information content (AvgIpc) is 2.86. The maximum atomic E-state index is 12.0. The van der Waals surface area contributed by atoms with Crippen LogP contribution in [0.1, 0.15) is 35.2 Å². The number of aliphatic hydroxyl groups is 2. The van der Waals surface area contributed by atoms with Crippen molar-refractivity contribution in [1.29, 1.82) is 0 Å². The Kier molecular flexibility index (Phi) is 4.33.